The van der Waals surface area contributed by atoms with Crippen molar-refractivity contribution in [2.75, 3.05) is 0 Å². The minimum absolute atomic E-state index is 0.0269. The summed E-state index contributed by atoms with van der Waals surface area (Å²) in [5.41, 5.74) is 3.12. The lowest BCUT2D eigenvalue weighted by Gasteiger charge is -2.04. The molecule has 2 aromatic rings. The van der Waals surface area contributed by atoms with Crippen LogP contribution in [0.25, 0.3) is 0 Å². The van der Waals surface area contributed by atoms with Crippen molar-refractivity contribution in [3.63, 3.8) is 0 Å². The van der Waals surface area contributed by atoms with E-state index >= 15 is 0 Å². The average Bonchev–Trinajstić information content (AvgIpc) is 2.32. The number of carbonyl (C=O) groups excluding carboxylic acids is 1. The predicted octanol–water partition coefficient (Wildman–Crippen LogP) is 3.58. The average molecular weight is 246 g/mol. The van der Waals surface area contributed by atoms with Crippen molar-refractivity contribution in [3.8, 4) is 0 Å². The number of hydrogen-bond donors (Lipinski definition) is 0. The second-order valence-electron chi connectivity index (χ2n) is 4.04. The molecule has 17 heavy (non-hydrogen) atoms. The molecule has 0 aliphatic carbocycles. The van der Waals surface area contributed by atoms with Gasteiger partial charge in [-0.15, -0.1) is 0 Å². The summed E-state index contributed by atoms with van der Waals surface area (Å²) < 4.78 is 0. The monoisotopic (exact) mass is 245 g/mol. The highest BCUT2D eigenvalue weighted by molar-refractivity contribution is 6.31. The molecule has 1 heterocycles. The fourth-order valence-electron chi connectivity index (χ4n) is 1.63. The molecule has 0 saturated carbocycles. The molecule has 0 amide bonds. The Labute approximate surface area is 105 Å². The highest BCUT2D eigenvalue weighted by atomic mass is 35.5. The second-order valence-corrected chi connectivity index (χ2v) is 4.45. The van der Waals surface area contributed by atoms with Gasteiger partial charge in [0.1, 0.15) is 0 Å². The number of aryl methyl sites for hydroxylation is 2. The number of pyridine rings is 1. The van der Waals surface area contributed by atoms with Gasteiger partial charge in [-0.25, -0.2) is 0 Å². The first kappa shape index (κ1) is 11.8. The van der Waals surface area contributed by atoms with E-state index in [1.54, 1.807) is 30.6 Å². The Morgan fingerprint density at radius 1 is 1.12 bits per heavy atom. The van der Waals surface area contributed by atoms with Crippen LogP contribution in [0.1, 0.15) is 27.0 Å². The summed E-state index contributed by atoms with van der Waals surface area (Å²) in [6, 6.07) is 7.11. The van der Waals surface area contributed by atoms with Crippen LogP contribution >= 0.6 is 11.6 Å². The van der Waals surface area contributed by atoms with Gasteiger partial charge in [-0.2, -0.15) is 0 Å². The van der Waals surface area contributed by atoms with Gasteiger partial charge in [-0.1, -0.05) is 11.6 Å². The van der Waals surface area contributed by atoms with Crippen molar-refractivity contribution < 1.29 is 4.79 Å². The zero-order chi connectivity index (χ0) is 12.4. The third kappa shape index (κ3) is 2.53. The van der Waals surface area contributed by atoms with E-state index in [0.717, 1.165) is 11.1 Å². The van der Waals surface area contributed by atoms with Crippen LogP contribution < -0.4 is 0 Å². The Bertz CT molecular complexity index is 578. The first-order chi connectivity index (χ1) is 8.08. The minimum atomic E-state index is -0.0269. The van der Waals surface area contributed by atoms with Crippen molar-refractivity contribution in [1.82, 2.24) is 4.98 Å². The van der Waals surface area contributed by atoms with Gasteiger partial charge in [0, 0.05) is 28.5 Å². The van der Waals surface area contributed by atoms with Crippen LogP contribution in [0.4, 0.5) is 0 Å². The molecule has 0 unspecified atom stereocenters. The molecule has 0 saturated heterocycles. The van der Waals surface area contributed by atoms with Crippen LogP contribution in [0.3, 0.4) is 0 Å². The maximum absolute atomic E-state index is 12.2. The normalized spacial score (nSPS) is 10.3. The molecular weight excluding hydrogens is 234 g/mol. The maximum atomic E-state index is 12.2. The number of rotatable bonds is 2. The zero-order valence-electron chi connectivity index (χ0n) is 9.70. The molecule has 1 aromatic heterocycles. The summed E-state index contributed by atoms with van der Waals surface area (Å²) in [5, 5.41) is 0.670. The van der Waals surface area contributed by atoms with Gasteiger partial charge in [-0.3, -0.25) is 9.78 Å². The lowest BCUT2D eigenvalue weighted by atomic mass is 10.0. The number of benzene rings is 1. The lowest BCUT2D eigenvalue weighted by molar-refractivity contribution is 0.103. The molecule has 0 N–H and O–H groups in total. The van der Waals surface area contributed by atoms with Crippen molar-refractivity contribution in [2.45, 2.75) is 13.8 Å². The second kappa shape index (κ2) is 4.68. The van der Waals surface area contributed by atoms with E-state index in [-0.39, 0.29) is 5.78 Å². The van der Waals surface area contributed by atoms with E-state index in [2.05, 4.69) is 4.98 Å². The van der Waals surface area contributed by atoms with Crippen LogP contribution in [0.15, 0.2) is 36.7 Å². The number of carbonyl (C=O) groups is 1. The van der Waals surface area contributed by atoms with Crippen LogP contribution in [0.2, 0.25) is 5.02 Å². The Hall–Kier alpha value is -1.67. The molecule has 0 atom stereocenters. The molecular formula is C14H12ClNO. The number of aromatic nitrogens is 1. The minimum Gasteiger partial charge on any atom is -0.289 e. The summed E-state index contributed by atoms with van der Waals surface area (Å²) in [6.07, 6.45) is 3.31. The first-order valence-electron chi connectivity index (χ1n) is 5.30. The number of hydrogen-bond acceptors (Lipinski definition) is 2. The Kier molecular flexibility index (Phi) is 3.25. The van der Waals surface area contributed by atoms with E-state index in [0.29, 0.717) is 16.1 Å². The molecule has 3 heteroatoms. The standard InChI is InChI=1S/C14H12ClNO/c1-9-5-12(8-16-7-9)14(17)11-3-4-13(15)10(2)6-11/h3-8H,1-2H3. The molecule has 0 aliphatic heterocycles. The van der Waals surface area contributed by atoms with E-state index in [4.69, 9.17) is 11.6 Å². The number of nitrogens with zero attached hydrogens (tertiary/aromatic N) is 1. The first-order valence-corrected chi connectivity index (χ1v) is 5.68. The van der Waals surface area contributed by atoms with E-state index in [1.165, 1.54) is 0 Å². The molecule has 0 aliphatic rings. The SMILES string of the molecule is Cc1cncc(C(=O)c2ccc(Cl)c(C)c2)c1. The highest BCUT2D eigenvalue weighted by Gasteiger charge is 2.10. The zero-order valence-corrected chi connectivity index (χ0v) is 10.5. The quantitative estimate of drug-likeness (QED) is 0.757. The Morgan fingerprint density at radius 2 is 1.88 bits per heavy atom. The van der Waals surface area contributed by atoms with E-state index < -0.39 is 0 Å². The van der Waals surface area contributed by atoms with Gasteiger partial charge in [0.05, 0.1) is 0 Å². The number of halogens is 1. The van der Waals surface area contributed by atoms with Crippen molar-refractivity contribution in [1.29, 1.82) is 0 Å². The fourth-order valence-corrected chi connectivity index (χ4v) is 1.75. The van der Waals surface area contributed by atoms with E-state index in [1.807, 2.05) is 19.9 Å². The molecule has 86 valence electrons. The van der Waals surface area contributed by atoms with Crippen molar-refractivity contribution in [3.05, 3.63) is 63.9 Å². The molecule has 1 aromatic carbocycles. The molecule has 0 spiro atoms. The van der Waals surface area contributed by atoms with Gasteiger partial charge >= 0.3 is 0 Å². The fraction of sp³-hybridized carbons (Fsp3) is 0.143. The summed E-state index contributed by atoms with van der Waals surface area (Å²) >= 11 is 5.93. The van der Waals surface area contributed by atoms with Gasteiger partial charge < -0.3 is 0 Å². The number of ketones is 1. The molecule has 2 rings (SSSR count). The summed E-state index contributed by atoms with van der Waals surface area (Å²) in [4.78, 5) is 16.2. The van der Waals surface area contributed by atoms with Crippen LogP contribution in [-0.4, -0.2) is 10.8 Å². The van der Waals surface area contributed by atoms with Crippen LogP contribution in [0, 0.1) is 13.8 Å². The van der Waals surface area contributed by atoms with Crippen LogP contribution in [0.5, 0.6) is 0 Å². The van der Waals surface area contributed by atoms with Gasteiger partial charge in [-0.05, 0) is 49.2 Å². The third-order valence-corrected chi connectivity index (χ3v) is 2.98. The lowest BCUT2D eigenvalue weighted by Crippen LogP contribution is -2.02. The molecule has 0 fully saturated rings. The van der Waals surface area contributed by atoms with Gasteiger partial charge in [0.25, 0.3) is 0 Å². The summed E-state index contributed by atoms with van der Waals surface area (Å²) in [5.74, 6) is -0.0269. The Morgan fingerprint density at radius 3 is 2.53 bits per heavy atom. The van der Waals surface area contributed by atoms with Crippen molar-refractivity contribution in [2.24, 2.45) is 0 Å². The van der Waals surface area contributed by atoms with E-state index in [9.17, 15) is 4.79 Å². The smallest absolute Gasteiger partial charge is 0.194 e. The molecule has 0 radical (unpaired) electrons. The largest absolute Gasteiger partial charge is 0.289 e. The molecule has 0 bridgehead atoms. The van der Waals surface area contributed by atoms with Crippen molar-refractivity contribution >= 4 is 17.4 Å². The Balaban J connectivity index is 2.40. The van der Waals surface area contributed by atoms with Gasteiger partial charge in [0.2, 0.25) is 0 Å². The summed E-state index contributed by atoms with van der Waals surface area (Å²) in [6.45, 7) is 3.80. The predicted molar refractivity (Wildman–Crippen MR) is 68.6 cm³/mol. The highest BCUT2D eigenvalue weighted by Crippen LogP contribution is 2.18. The summed E-state index contributed by atoms with van der Waals surface area (Å²) in [7, 11) is 0. The molecule has 2 nitrogen and oxygen atoms in total. The van der Waals surface area contributed by atoms with Crippen LogP contribution in [-0.2, 0) is 0 Å². The topological polar surface area (TPSA) is 30.0 Å². The third-order valence-electron chi connectivity index (χ3n) is 2.56. The maximum Gasteiger partial charge on any atom is 0.194 e. The van der Waals surface area contributed by atoms with Gasteiger partial charge in [0.15, 0.2) is 5.78 Å².